The van der Waals surface area contributed by atoms with Gasteiger partial charge < -0.3 is 10.2 Å². The number of amides is 1. The number of benzene rings is 2. The summed E-state index contributed by atoms with van der Waals surface area (Å²) in [4.78, 5) is 16.2. The molecule has 2 aliphatic rings. The van der Waals surface area contributed by atoms with Gasteiger partial charge in [-0.1, -0.05) is 24.0 Å². The van der Waals surface area contributed by atoms with Crippen molar-refractivity contribution in [2.75, 3.05) is 42.6 Å². The van der Waals surface area contributed by atoms with E-state index in [1.807, 2.05) is 25.7 Å². The van der Waals surface area contributed by atoms with E-state index in [4.69, 9.17) is 5.53 Å². The van der Waals surface area contributed by atoms with E-state index in [-0.39, 0.29) is 54.6 Å². The van der Waals surface area contributed by atoms with Crippen molar-refractivity contribution in [2.24, 2.45) is 5.11 Å². The molecule has 330 valence electrons. The van der Waals surface area contributed by atoms with Crippen molar-refractivity contribution in [3.8, 4) is 0 Å². The number of azide groups is 1. The molecule has 0 aliphatic carbocycles. The number of unbranched alkanes of at least 4 members (excludes halogenated alkanes) is 2. The third-order valence-electron chi connectivity index (χ3n) is 10.6. The third kappa shape index (κ3) is 12.4. The predicted octanol–water partition coefficient (Wildman–Crippen LogP) is 5.10. The van der Waals surface area contributed by atoms with Crippen LogP contribution < -0.4 is 10.2 Å². The maximum absolute atomic E-state index is 12.4. The van der Waals surface area contributed by atoms with Gasteiger partial charge >= 0.3 is 0 Å². The van der Waals surface area contributed by atoms with E-state index >= 15 is 0 Å². The Morgan fingerprint density at radius 3 is 2.07 bits per heavy atom. The topological polar surface area (TPSA) is 302 Å². The summed E-state index contributed by atoms with van der Waals surface area (Å²) in [7, 11) is -17.9. The number of hydrogen-bond donors (Lipinski definition) is 5. The van der Waals surface area contributed by atoms with Crippen LogP contribution in [-0.4, -0.2) is 106 Å². The minimum atomic E-state index is -4.65. The Labute approximate surface area is 350 Å². The normalized spacial score (nSPS) is 18.5. The van der Waals surface area contributed by atoms with Crippen LogP contribution in [0.15, 0.2) is 75.2 Å². The maximum atomic E-state index is 12.4. The van der Waals surface area contributed by atoms with Crippen molar-refractivity contribution < 1.29 is 61.3 Å². The Morgan fingerprint density at radius 1 is 0.833 bits per heavy atom. The lowest BCUT2D eigenvalue weighted by Gasteiger charge is -2.30. The van der Waals surface area contributed by atoms with Crippen molar-refractivity contribution in [1.29, 1.82) is 0 Å². The van der Waals surface area contributed by atoms with E-state index in [0.29, 0.717) is 72.6 Å². The molecule has 5 N–H and O–H groups in total. The minimum absolute atomic E-state index is 0.00304. The average Bonchev–Trinajstić information content (AvgIpc) is 3.48. The summed E-state index contributed by atoms with van der Waals surface area (Å²) in [6.45, 7) is 6.27. The van der Waals surface area contributed by atoms with E-state index in [2.05, 4.69) is 15.3 Å². The Bertz CT molecular complexity index is 2570. The van der Waals surface area contributed by atoms with Crippen LogP contribution in [0.3, 0.4) is 0 Å². The van der Waals surface area contributed by atoms with Gasteiger partial charge in [-0.2, -0.15) is 38.2 Å². The van der Waals surface area contributed by atoms with Crippen LogP contribution in [0.1, 0.15) is 83.3 Å². The molecule has 0 radical (unpaired) electrons. The van der Waals surface area contributed by atoms with Crippen LogP contribution in [0.5, 0.6) is 0 Å². The molecule has 1 atom stereocenters. The van der Waals surface area contributed by atoms with Gasteiger partial charge in [0.05, 0.1) is 26.7 Å². The van der Waals surface area contributed by atoms with E-state index in [9.17, 15) is 56.7 Å². The Hall–Kier alpha value is -4.19. The lowest BCUT2D eigenvalue weighted by molar-refractivity contribution is -0.437. The first-order valence-corrected chi connectivity index (χ1v) is 25.1. The average molecular weight is 916 g/mol. The highest BCUT2D eigenvalue weighted by Gasteiger charge is 2.46. The first kappa shape index (κ1) is 48.5. The van der Waals surface area contributed by atoms with Crippen LogP contribution in [0.2, 0.25) is 0 Å². The Morgan fingerprint density at radius 2 is 1.45 bits per heavy atom. The molecule has 1 unspecified atom stereocenters. The largest absolute Gasteiger partial charge is 0.356 e. The van der Waals surface area contributed by atoms with Gasteiger partial charge in [-0.25, -0.2) is 0 Å². The summed E-state index contributed by atoms with van der Waals surface area (Å²) >= 11 is 0. The summed E-state index contributed by atoms with van der Waals surface area (Å²) in [5, 5.41) is 6.21. The smallest absolute Gasteiger partial charge is 0.294 e. The number of hydrogen-bond acceptors (Lipinski definition) is 11. The number of carbonyl (C=O) groups is 1. The summed E-state index contributed by atoms with van der Waals surface area (Å²) in [6, 6.07) is 8.16. The second kappa shape index (κ2) is 19.2. The summed E-state index contributed by atoms with van der Waals surface area (Å²) in [6.07, 6.45) is 7.97. The SMILES string of the molecule is CC1(C)C(/C=C/C=C2/N(CCCS(=O)(=O)O)c3ccc(S(=O)(=O)O)cc3C2(C)CCCCCC(=O)NCCCN=[N+]=[N-])=[N+](CCCS(=O)(=O)O)c2ccc(S(=O)(=O)O)cc21. The second-order valence-electron chi connectivity index (χ2n) is 15.4. The summed E-state index contributed by atoms with van der Waals surface area (Å²) in [5.74, 6) is -1.28. The predicted molar refractivity (Wildman–Crippen MR) is 224 cm³/mol. The molecule has 2 aromatic carbocycles. The summed E-state index contributed by atoms with van der Waals surface area (Å²) < 4.78 is 136. The van der Waals surface area contributed by atoms with Gasteiger partial charge in [-0.05, 0) is 94.0 Å². The molecule has 1 amide bonds. The number of rotatable bonds is 22. The van der Waals surface area contributed by atoms with Crippen LogP contribution in [0.25, 0.3) is 10.4 Å². The van der Waals surface area contributed by atoms with Crippen LogP contribution >= 0.6 is 0 Å². The van der Waals surface area contributed by atoms with Gasteiger partial charge in [0.15, 0.2) is 5.71 Å². The third-order valence-corrected chi connectivity index (χ3v) is 14.0. The number of anilines is 1. The Kier molecular flexibility index (Phi) is 15.5. The number of nitrogens with one attached hydrogen (secondary N) is 1. The molecule has 2 heterocycles. The van der Waals surface area contributed by atoms with E-state index < -0.39 is 62.8 Å². The molecule has 0 saturated heterocycles. The zero-order valence-electron chi connectivity index (χ0n) is 33.4. The highest BCUT2D eigenvalue weighted by atomic mass is 32.2. The molecule has 23 heteroatoms. The highest BCUT2D eigenvalue weighted by molar-refractivity contribution is 7.86. The first-order valence-electron chi connectivity index (χ1n) is 19.0. The number of carbonyl (C=O) groups excluding carboxylic acids is 1. The zero-order valence-corrected chi connectivity index (χ0v) is 36.7. The van der Waals surface area contributed by atoms with Crippen molar-refractivity contribution in [3.63, 3.8) is 0 Å². The lowest BCUT2D eigenvalue weighted by Crippen LogP contribution is -2.30. The molecule has 0 bridgehead atoms. The molecule has 60 heavy (non-hydrogen) atoms. The van der Waals surface area contributed by atoms with Gasteiger partial charge in [0, 0.05) is 71.9 Å². The van der Waals surface area contributed by atoms with Crippen LogP contribution in [0.4, 0.5) is 11.4 Å². The van der Waals surface area contributed by atoms with Crippen molar-refractivity contribution in [2.45, 2.75) is 92.8 Å². The molecule has 0 spiro atoms. The zero-order chi connectivity index (χ0) is 44.7. The number of nitrogens with zero attached hydrogens (tertiary/aromatic N) is 5. The van der Waals surface area contributed by atoms with Crippen LogP contribution in [0, 0.1) is 0 Å². The van der Waals surface area contributed by atoms with Gasteiger partial charge in [0.25, 0.3) is 40.5 Å². The maximum Gasteiger partial charge on any atom is 0.294 e. The van der Waals surface area contributed by atoms with E-state index in [1.165, 1.54) is 36.4 Å². The Balaban J connectivity index is 1.77. The molecule has 0 fully saturated rings. The molecule has 2 aromatic rings. The van der Waals surface area contributed by atoms with Gasteiger partial charge in [-0.15, -0.1) is 0 Å². The second-order valence-corrected chi connectivity index (χ2v) is 21.3. The fourth-order valence-corrected chi connectivity index (χ4v) is 9.75. The van der Waals surface area contributed by atoms with E-state index in [1.54, 1.807) is 22.8 Å². The fourth-order valence-electron chi connectivity index (χ4n) is 7.74. The van der Waals surface area contributed by atoms with E-state index in [0.717, 1.165) is 0 Å². The number of fused-ring (bicyclic) bond motifs is 2. The highest BCUT2D eigenvalue weighted by Crippen LogP contribution is 2.51. The standard InChI is InChI=1S/C37H50N6O13S4/c1-36(2)29-25-27(59(51,52)53)14-16-31(29)42(21-9-23-57(45,46)47)33(36)11-7-12-34-37(3,18-6-4-5-13-35(44)39-19-8-20-40-41-38)30-26-28(60(54,55)56)15-17-32(30)43(34)22-10-24-58(48,49)50/h7,11-12,14-17,25-26H,4-6,8-10,13,18-24H2,1-3H3,(H4-,39,44,45,46,47,48,49,50,51,52,53,54,55,56)/p+1. The lowest BCUT2D eigenvalue weighted by atomic mass is 9.77. The molecule has 19 nitrogen and oxygen atoms in total. The summed E-state index contributed by atoms with van der Waals surface area (Å²) in [5.41, 5.74) is 9.85. The molecule has 0 saturated carbocycles. The molecular formula is C37H51N6O13S4+. The quantitative estimate of drug-likeness (QED) is 0.0257. The fraction of sp³-hybridized carbons (Fsp3) is 0.514. The van der Waals surface area contributed by atoms with Crippen LogP contribution in [-0.2, 0) is 56.1 Å². The van der Waals surface area contributed by atoms with Gasteiger partial charge in [-0.3, -0.25) is 23.0 Å². The molecular weight excluding hydrogens is 865 g/mol. The van der Waals surface area contributed by atoms with Crippen molar-refractivity contribution >= 4 is 63.5 Å². The first-order chi connectivity index (χ1) is 27.8. The van der Waals surface area contributed by atoms with Gasteiger partial charge in [0.2, 0.25) is 11.6 Å². The molecule has 4 rings (SSSR count). The monoisotopic (exact) mass is 915 g/mol. The minimum Gasteiger partial charge on any atom is -0.356 e. The molecule has 2 aliphatic heterocycles. The van der Waals surface area contributed by atoms with Gasteiger partial charge in [0.1, 0.15) is 6.54 Å². The van der Waals surface area contributed by atoms with Crippen molar-refractivity contribution in [3.05, 3.63) is 81.9 Å². The molecule has 0 aromatic heterocycles. The number of allylic oxidation sites excluding steroid dienone is 4. The van der Waals surface area contributed by atoms with Crippen molar-refractivity contribution in [1.82, 2.24) is 5.32 Å².